The highest BCUT2D eigenvalue weighted by Crippen LogP contribution is 2.35. The van der Waals surface area contributed by atoms with Gasteiger partial charge in [-0.05, 0) is 35.5 Å². The number of benzene rings is 1. The van der Waals surface area contributed by atoms with Gasteiger partial charge in [0.25, 0.3) is 0 Å². The summed E-state index contributed by atoms with van der Waals surface area (Å²) in [6, 6.07) is 5.34. The molecular weight excluding hydrogens is 314 g/mol. The van der Waals surface area contributed by atoms with Crippen molar-refractivity contribution in [3.05, 3.63) is 29.5 Å². The molecule has 2 aliphatic heterocycles. The smallest absolute Gasteiger partial charge is 0.313 e. The van der Waals surface area contributed by atoms with Crippen LogP contribution in [-0.2, 0) is 9.59 Å². The molecule has 2 aliphatic rings. The monoisotopic (exact) mass is 323 g/mol. The number of hydrogen-bond acceptors (Lipinski definition) is 7. The summed E-state index contributed by atoms with van der Waals surface area (Å²) in [4.78, 5) is 26.5. The minimum absolute atomic E-state index is 0.115. The van der Waals surface area contributed by atoms with Gasteiger partial charge in [0.1, 0.15) is 10.1 Å². The third-order valence-corrected chi connectivity index (χ3v) is 4.61. The van der Waals surface area contributed by atoms with Gasteiger partial charge in [0.15, 0.2) is 11.5 Å². The van der Waals surface area contributed by atoms with Crippen LogP contribution in [0.25, 0.3) is 6.08 Å². The van der Waals surface area contributed by atoms with Gasteiger partial charge in [-0.15, -0.1) is 0 Å². The van der Waals surface area contributed by atoms with E-state index >= 15 is 0 Å². The third-order valence-electron chi connectivity index (χ3n) is 2.62. The van der Waals surface area contributed by atoms with Crippen molar-refractivity contribution in [3.8, 4) is 11.5 Å². The molecule has 0 aromatic heterocycles. The molecule has 1 aromatic rings. The SMILES string of the molecule is O=C(O)CSC1=NC(=Cc2ccc3c(c2)OCO3)C(=O)S1. The van der Waals surface area contributed by atoms with Crippen LogP contribution in [0.15, 0.2) is 28.9 Å². The van der Waals surface area contributed by atoms with Crippen LogP contribution in [0.4, 0.5) is 0 Å². The molecule has 0 bridgehead atoms. The second kappa shape index (κ2) is 5.82. The average molecular weight is 323 g/mol. The molecule has 108 valence electrons. The van der Waals surface area contributed by atoms with Crippen LogP contribution in [0.2, 0.25) is 0 Å². The molecule has 2 heterocycles. The van der Waals surface area contributed by atoms with Gasteiger partial charge >= 0.3 is 5.97 Å². The second-order valence-corrected chi connectivity index (χ2v) is 6.28. The van der Waals surface area contributed by atoms with Crippen LogP contribution in [0.1, 0.15) is 5.56 Å². The number of carbonyl (C=O) groups excluding carboxylic acids is 1. The zero-order valence-corrected chi connectivity index (χ0v) is 12.2. The van der Waals surface area contributed by atoms with Crippen LogP contribution in [0.5, 0.6) is 11.5 Å². The van der Waals surface area contributed by atoms with Crippen LogP contribution in [0, 0.1) is 0 Å². The highest BCUT2D eigenvalue weighted by atomic mass is 32.2. The first-order valence-corrected chi connectivity index (χ1v) is 7.69. The van der Waals surface area contributed by atoms with Gasteiger partial charge in [-0.1, -0.05) is 17.8 Å². The molecule has 0 atom stereocenters. The number of carboxylic acids is 1. The summed E-state index contributed by atoms with van der Waals surface area (Å²) in [5.41, 5.74) is 1.07. The highest BCUT2D eigenvalue weighted by Gasteiger charge is 2.23. The fraction of sp³-hybridized carbons (Fsp3) is 0.154. The number of ether oxygens (including phenoxy) is 2. The zero-order chi connectivity index (χ0) is 14.8. The van der Waals surface area contributed by atoms with Crippen molar-refractivity contribution < 1.29 is 24.2 Å². The zero-order valence-electron chi connectivity index (χ0n) is 10.6. The summed E-state index contributed by atoms with van der Waals surface area (Å²) in [5.74, 6) is 0.248. The summed E-state index contributed by atoms with van der Waals surface area (Å²) in [6.45, 7) is 0.193. The van der Waals surface area contributed by atoms with Gasteiger partial charge in [0, 0.05) is 0 Å². The number of thioether (sulfide) groups is 2. The molecule has 21 heavy (non-hydrogen) atoms. The maximum absolute atomic E-state index is 11.8. The quantitative estimate of drug-likeness (QED) is 0.853. The number of carbonyl (C=O) groups is 2. The third kappa shape index (κ3) is 3.22. The molecule has 6 nitrogen and oxygen atoms in total. The van der Waals surface area contributed by atoms with Crippen LogP contribution in [0.3, 0.4) is 0 Å². The molecule has 0 spiro atoms. The summed E-state index contributed by atoms with van der Waals surface area (Å²) in [7, 11) is 0. The first-order chi connectivity index (χ1) is 10.1. The Bertz CT molecular complexity index is 683. The number of fused-ring (bicyclic) bond motifs is 1. The molecule has 0 saturated carbocycles. The van der Waals surface area contributed by atoms with E-state index in [9.17, 15) is 9.59 Å². The number of hydrogen-bond donors (Lipinski definition) is 1. The van der Waals surface area contributed by atoms with E-state index in [1.165, 1.54) is 0 Å². The molecule has 0 fully saturated rings. The normalized spacial score (nSPS) is 18.2. The van der Waals surface area contributed by atoms with Crippen LogP contribution in [-0.4, -0.2) is 33.1 Å². The lowest BCUT2D eigenvalue weighted by molar-refractivity contribution is -0.133. The fourth-order valence-electron chi connectivity index (χ4n) is 1.74. The lowest BCUT2D eigenvalue weighted by Gasteiger charge is -1.98. The van der Waals surface area contributed by atoms with Crippen LogP contribution < -0.4 is 9.47 Å². The topological polar surface area (TPSA) is 85.2 Å². The molecule has 1 aromatic carbocycles. The van der Waals surface area contributed by atoms with Crippen molar-refractivity contribution in [3.63, 3.8) is 0 Å². The molecular formula is C13H9NO5S2. The maximum atomic E-state index is 11.8. The molecule has 3 rings (SSSR count). The van der Waals surface area contributed by atoms with E-state index < -0.39 is 5.97 Å². The standard InChI is InChI=1S/C13H9NO5S2/c15-11(16)5-20-13-14-8(12(17)21-13)3-7-1-2-9-10(4-7)19-6-18-9/h1-4H,5-6H2,(H,15,16). The van der Waals surface area contributed by atoms with E-state index in [4.69, 9.17) is 14.6 Å². The van der Waals surface area contributed by atoms with E-state index in [0.717, 1.165) is 29.1 Å². The maximum Gasteiger partial charge on any atom is 0.313 e. The number of nitrogens with zero attached hydrogens (tertiary/aromatic N) is 1. The number of aliphatic carboxylic acids is 1. The Balaban J connectivity index is 1.79. The number of carboxylic acid groups (broad SMARTS) is 1. The van der Waals surface area contributed by atoms with Crippen molar-refractivity contribution in [2.75, 3.05) is 12.5 Å². The Labute approximate surface area is 128 Å². The molecule has 8 heteroatoms. The molecule has 0 aliphatic carbocycles. The Morgan fingerprint density at radius 1 is 1.43 bits per heavy atom. The van der Waals surface area contributed by atoms with Gasteiger partial charge in [-0.2, -0.15) is 0 Å². The van der Waals surface area contributed by atoms with Gasteiger partial charge in [-0.25, -0.2) is 4.99 Å². The van der Waals surface area contributed by atoms with Gasteiger partial charge in [0.2, 0.25) is 11.9 Å². The molecule has 0 amide bonds. The summed E-state index contributed by atoms with van der Waals surface area (Å²) in [6.07, 6.45) is 1.64. The minimum atomic E-state index is -0.941. The Hall–Kier alpha value is -1.93. The Morgan fingerprint density at radius 2 is 2.24 bits per heavy atom. The minimum Gasteiger partial charge on any atom is -0.481 e. The molecule has 0 saturated heterocycles. The first kappa shape index (κ1) is 14.0. The fourth-order valence-corrected chi connectivity index (χ4v) is 3.30. The first-order valence-electron chi connectivity index (χ1n) is 5.88. The Kier molecular flexibility index (Phi) is 3.89. The van der Waals surface area contributed by atoms with Crippen molar-refractivity contribution in [2.45, 2.75) is 0 Å². The van der Waals surface area contributed by atoms with Crippen LogP contribution >= 0.6 is 23.5 Å². The van der Waals surface area contributed by atoms with E-state index in [0.29, 0.717) is 21.6 Å². The highest BCUT2D eigenvalue weighted by molar-refractivity contribution is 8.45. The second-order valence-electron chi connectivity index (χ2n) is 4.09. The molecule has 0 unspecified atom stereocenters. The average Bonchev–Trinajstić information content (AvgIpc) is 3.03. The van der Waals surface area contributed by atoms with Crippen molar-refractivity contribution >= 4 is 45.1 Å². The van der Waals surface area contributed by atoms with Crippen molar-refractivity contribution in [2.24, 2.45) is 4.99 Å². The lowest BCUT2D eigenvalue weighted by Crippen LogP contribution is -1.99. The summed E-state index contributed by atoms with van der Waals surface area (Å²) >= 11 is 1.98. The van der Waals surface area contributed by atoms with Crippen molar-refractivity contribution in [1.82, 2.24) is 0 Å². The largest absolute Gasteiger partial charge is 0.481 e. The van der Waals surface area contributed by atoms with Gasteiger partial charge in [-0.3, -0.25) is 9.59 Å². The molecule has 0 radical (unpaired) electrons. The van der Waals surface area contributed by atoms with Crippen molar-refractivity contribution in [1.29, 1.82) is 0 Å². The number of rotatable bonds is 3. The van der Waals surface area contributed by atoms with Gasteiger partial charge in [0.05, 0.1) is 5.75 Å². The summed E-state index contributed by atoms with van der Waals surface area (Å²) < 4.78 is 10.9. The summed E-state index contributed by atoms with van der Waals surface area (Å²) in [5, 5.41) is 8.43. The number of aliphatic imine (C=N–C) groups is 1. The van der Waals surface area contributed by atoms with E-state index in [1.807, 2.05) is 0 Å². The predicted octanol–water partition coefficient (Wildman–Crippen LogP) is 2.20. The predicted molar refractivity (Wildman–Crippen MR) is 80.7 cm³/mol. The molecule has 1 N–H and O–H groups in total. The lowest BCUT2D eigenvalue weighted by atomic mass is 10.2. The van der Waals surface area contributed by atoms with E-state index in [1.54, 1.807) is 24.3 Å². The Morgan fingerprint density at radius 3 is 3.05 bits per heavy atom. The van der Waals surface area contributed by atoms with E-state index in [-0.39, 0.29) is 17.7 Å². The van der Waals surface area contributed by atoms with E-state index in [2.05, 4.69) is 4.99 Å². The van der Waals surface area contributed by atoms with Gasteiger partial charge < -0.3 is 14.6 Å².